The van der Waals surface area contributed by atoms with Crippen molar-refractivity contribution in [3.63, 3.8) is 0 Å². The summed E-state index contributed by atoms with van der Waals surface area (Å²) < 4.78 is 10.2. The van der Waals surface area contributed by atoms with Gasteiger partial charge in [0.25, 0.3) is 5.91 Å². The SMILES string of the molecule is COc1ccc(C(=O)N2CCCC(C)(C(N)=O)C2)c(OC)n1. The average Bonchev–Trinajstić information content (AvgIpc) is 2.53. The first-order chi connectivity index (χ1) is 10.4. The Morgan fingerprint density at radius 1 is 1.32 bits per heavy atom. The van der Waals surface area contributed by atoms with E-state index in [-0.39, 0.29) is 17.7 Å². The maximum atomic E-state index is 12.7. The van der Waals surface area contributed by atoms with Gasteiger partial charge in [-0.15, -0.1) is 0 Å². The molecule has 0 spiro atoms. The molecule has 2 amide bonds. The van der Waals surface area contributed by atoms with Crippen LogP contribution in [0.25, 0.3) is 0 Å². The van der Waals surface area contributed by atoms with E-state index in [0.29, 0.717) is 31.0 Å². The monoisotopic (exact) mass is 307 g/mol. The zero-order valence-corrected chi connectivity index (χ0v) is 13.1. The fraction of sp³-hybridized carbons (Fsp3) is 0.533. The Kier molecular flexibility index (Phi) is 4.54. The predicted octanol–water partition coefficient (Wildman–Crippen LogP) is 0.826. The van der Waals surface area contributed by atoms with Crippen LogP contribution in [0.5, 0.6) is 11.8 Å². The number of carbonyl (C=O) groups is 2. The molecule has 120 valence electrons. The molecule has 0 bridgehead atoms. The van der Waals surface area contributed by atoms with E-state index in [1.54, 1.807) is 24.0 Å². The van der Waals surface area contributed by atoms with Gasteiger partial charge in [0, 0.05) is 19.2 Å². The third-order valence-electron chi connectivity index (χ3n) is 4.05. The number of pyridine rings is 1. The number of likely N-dealkylation sites (tertiary alicyclic amines) is 1. The summed E-state index contributed by atoms with van der Waals surface area (Å²) in [6.45, 7) is 2.67. The van der Waals surface area contributed by atoms with Crippen molar-refractivity contribution in [2.45, 2.75) is 19.8 Å². The number of nitrogens with zero attached hydrogens (tertiary/aromatic N) is 2. The number of aromatic nitrogens is 1. The Morgan fingerprint density at radius 3 is 2.64 bits per heavy atom. The summed E-state index contributed by atoms with van der Waals surface area (Å²) in [4.78, 5) is 30.1. The first kappa shape index (κ1) is 16.1. The van der Waals surface area contributed by atoms with Crippen LogP contribution in [0.2, 0.25) is 0 Å². The molecule has 1 aliphatic heterocycles. The molecule has 1 atom stereocenters. The van der Waals surface area contributed by atoms with Crippen molar-refractivity contribution in [1.82, 2.24) is 9.88 Å². The molecule has 22 heavy (non-hydrogen) atoms. The highest BCUT2D eigenvalue weighted by Gasteiger charge is 2.38. The van der Waals surface area contributed by atoms with E-state index in [0.717, 1.165) is 6.42 Å². The lowest BCUT2D eigenvalue weighted by Crippen LogP contribution is -2.50. The highest BCUT2D eigenvalue weighted by Crippen LogP contribution is 2.31. The fourth-order valence-electron chi connectivity index (χ4n) is 2.64. The molecule has 1 aromatic heterocycles. The number of rotatable bonds is 4. The second kappa shape index (κ2) is 6.21. The number of methoxy groups -OCH3 is 2. The number of ether oxygens (including phenoxy) is 2. The fourth-order valence-corrected chi connectivity index (χ4v) is 2.64. The van der Waals surface area contributed by atoms with Gasteiger partial charge in [0.1, 0.15) is 5.56 Å². The minimum absolute atomic E-state index is 0.204. The molecule has 1 unspecified atom stereocenters. The Balaban J connectivity index is 2.26. The Morgan fingerprint density at radius 2 is 2.05 bits per heavy atom. The van der Waals surface area contributed by atoms with Gasteiger partial charge in [-0.2, -0.15) is 4.98 Å². The lowest BCUT2D eigenvalue weighted by molar-refractivity contribution is -0.129. The van der Waals surface area contributed by atoms with Crippen molar-refractivity contribution in [3.05, 3.63) is 17.7 Å². The van der Waals surface area contributed by atoms with E-state index in [4.69, 9.17) is 15.2 Å². The van der Waals surface area contributed by atoms with Crippen LogP contribution in [0, 0.1) is 5.41 Å². The predicted molar refractivity (Wildman–Crippen MR) is 79.8 cm³/mol. The summed E-state index contributed by atoms with van der Waals surface area (Å²) >= 11 is 0. The second-order valence-corrected chi connectivity index (χ2v) is 5.67. The van der Waals surface area contributed by atoms with E-state index < -0.39 is 5.41 Å². The van der Waals surface area contributed by atoms with Gasteiger partial charge in [-0.1, -0.05) is 0 Å². The molecule has 1 fully saturated rings. The molecule has 1 aliphatic rings. The molecule has 7 nitrogen and oxygen atoms in total. The summed E-state index contributed by atoms with van der Waals surface area (Å²) in [5.74, 6) is -0.0336. The van der Waals surface area contributed by atoms with Crippen molar-refractivity contribution in [2.75, 3.05) is 27.3 Å². The zero-order valence-electron chi connectivity index (χ0n) is 13.1. The lowest BCUT2D eigenvalue weighted by Gasteiger charge is -2.38. The van der Waals surface area contributed by atoms with Crippen LogP contribution in [0.15, 0.2) is 12.1 Å². The molecule has 0 aliphatic carbocycles. The second-order valence-electron chi connectivity index (χ2n) is 5.67. The summed E-state index contributed by atoms with van der Waals surface area (Å²) in [5.41, 5.74) is 5.12. The smallest absolute Gasteiger partial charge is 0.259 e. The molecule has 1 aromatic rings. The third kappa shape index (κ3) is 2.98. The van der Waals surface area contributed by atoms with Crippen molar-refractivity contribution in [3.8, 4) is 11.8 Å². The molecule has 1 saturated heterocycles. The molecule has 0 radical (unpaired) electrons. The largest absolute Gasteiger partial charge is 0.481 e. The van der Waals surface area contributed by atoms with E-state index in [1.165, 1.54) is 14.2 Å². The Labute approximate surface area is 129 Å². The van der Waals surface area contributed by atoms with Gasteiger partial charge in [-0.3, -0.25) is 9.59 Å². The topological polar surface area (TPSA) is 94.8 Å². The molecule has 2 N–H and O–H groups in total. The first-order valence-electron chi connectivity index (χ1n) is 7.09. The highest BCUT2D eigenvalue weighted by atomic mass is 16.5. The number of hydrogen-bond donors (Lipinski definition) is 1. The molecule has 0 aromatic carbocycles. The minimum atomic E-state index is -0.693. The van der Waals surface area contributed by atoms with Gasteiger partial charge in [-0.05, 0) is 25.8 Å². The maximum absolute atomic E-state index is 12.7. The van der Waals surface area contributed by atoms with Crippen LogP contribution in [0.4, 0.5) is 0 Å². The molecular weight excluding hydrogens is 286 g/mol. The van der Waals surface area contributed by atoms with E-state index in [1.807, 2.05) is 0 Å². The lowest BCUT2D eigenvalue weighted by atomic mass is 9.81. The molecule has 0 saturated carbocycles. The number of amides is 2. The Bertz CT molecular complexity index is 590. The number of nitrogens with two attached hydrogens (primary N) is 1. The quantitative estimate of drug-likeness (QED) is 0.889. The average molecular weight is 307 g/mol. The van der Waals surface area contributed by atoms with Crippen LogP contribution in [0.1, 0.15) is 30.1 Å². The number of primary amides is 1. The zero-order chi connectivity index (χ0) is 16.3. The van der Waals surface area contributed by atoms with Crippen LogP contribution in [0.3, 0.4) is 0 Å². The van der Waals surface area contributed by atoms with Crippen molar-refractivity contribution < 1.29 is 19.1 Å². The van der Waals surface area contributed by atoms with E-state index in [2.05, 4.69) is 4.98 Å². The van der Waals surface area contributed by atoms with Gasteiger partial charge in [0.05, 0.1) is 19.6 Å². The van der Waals surface area contributed by atoms with E-state index in [9.17, 15) is 9.59 Å². The molecule has 2 heterocycles. The third-order valence-corrected chi connectivity index (χ3v) is 4.05. The van der Waals surface area contributed by atoms with Gasteiger partial charge >= 0.3 is 0 Å². The minimum Gasteiger partial charge on any atom is -0.481 e. The van der Waals surface area contributed by atoms with Crippen LogP contribution < -0.4 is 15.2 Å². The maximum Gasteiger partial charge on any atom is 0.259 e. The summed E-state index contributed by atoms with van der Waals surface area (Å²) in [5, 5.41) is 0. The van der Waals surface area contributed by atoms with Crippen LogP contribution >= 0.6 is 0 Å². The van der Waals surface area contributed by atoms with Gasteiger partial charge in [0.15, 0.2) is 0 Å². The summed E-state index contributed by atoms with van der Waals surface area (Å²) in [6.07, 6.45) is 1.42. The number of piperidine rings is 1. The number of carbonyl (C=O) groups excluding carboxylic acids is 2. The number of hydrogen-bond acceptors (Lipinski definition) is 5. The van der Waals surface area contributed by atoms with E-state index >= 15 is 0 Å². The van der Waals surface area contributed by atoms with Crippen molar-refractivity contribution in [2.24, 2.45) is 11.1 Å². The highest BCUT2D eigenvalue weighted by molar-refractivity contribution is 5.97. The van der Waals surface area contributed by atoms with Gasteiger partial charge < -0.3 is 20.1 Å². The van der Waals surface area contributed by atoms with Gasteiger partial charge in [0.2, 0.25) is 17.7 Å². The standard InChI is InChI=1S/C15H21N3O4/c1-15(14(16)20)7-4-8-18(9-15)13(19)10-5-6-11(21-2)17-12(10)22-3/h5-6H,4,7-9H2,1-3H3,(H2,16,20). The van der Waals surface area contributed by atoms with Gasteiger partial charge in [-0.25, -0.2) is 0 Å². The molecule has 2 rings (SSSR count). The van der Waals surface area contributed by atoms with Crippen molar-refractivity contribution in [1.29, 1.82) is 0 Å². The van der Waals surface area contributed by atoms with Crippen molar-refractivity contribution >= 4 is 11.8 Å². The Hall–Kier alpha value is -2.31. The normalized spacial score (nSPS) is 21.3. The first-order valence-corrected chi connectivity index (χ1v) is 7.09. The molecule has 7 heteroatoms. The summed E-state index contributed by atoms with van der Waals surface area (Å²) in [7, 11) is 2.94. The van der Waals surface area contributed by atoms with Crippen LogP contribution in [-0.2, 0) is 4.79 Å². The summed E-state index contributed by atoms with van der Waals surface area (Å²) in [6, 6.07) is 3.22. The molecular formula is C15H21N3O4. The van der Waals surface area contributed by atoms with Crippen LogP contribution in [-0.4, -0.2) is 49.0 Å².